The predicted molar refractivity (Wildman–Crippen MR) is 84.0 cm³/mol. The summed E-state index contributed by atoms with van der Waals surface area (Å²) in [5.41, 5.74) is 5.85. The average molecular weight is 380 g/mol. The van der Waals surface area contributed by atoms with E-state index in [9.17, 15) is 12.8 Å². The Bertz CT molecular complexity index is 637. The second kappa shape index (κ2) is 6.20. The predicted octanol–water partition coefficient (Wildman–Crippen LogP) is 1.89. The number of nitrogens with zero attached hydrogens (tertiary/aromatic N) is 2. The molecule has 2 N–H and O–H groups in total. The van der Waals surface area contributed by atoms with Crippen LogP contribution in [0.15, 0.2) is 21.5 Å². The summed E-state index contributed by atoms with van der Waals surface area (Å²) in [5.74, 6) is -0.795. The van der Waals surface area contributed by atoms with E-state index >= 15 is 0 Å². The standard InChI is InChI=1S/C13H19BrFN3O2S/c1-17(2)10-4-3-5-18(8-10)21(19,20)12-7-9(16)6-11(14)13(12)15/h6-7,10H,3-5,8,16H2,1-2H3. The van der Waals surface area contributed by atoms with Crippen molar-refractivity contribution in [1.29, 1.82) is 0 Å². The van der Waals surface area contributed by atoms with Crippen molar-refractivity contribution in [3.63, 3.8) is 0 Å². The summed E-state index contributed by atoms with van der Waals surface area (Å²) in [6.45, 7) is 0.764. The number of halogens is 2. The summed E-state index contributed by atoms with van der Waals surface area (Å²) < 4.78 is 40.9. The summed E-state index contributed by atoms with van der Waals surface area (Å²) in [5, 5.41) is 0. The molecule has 0 radical (unpaired) electrons. The molecule has 1 saturated heterocycles. The van der Waals surface area contributed by atoms with Gasteiger partial charge in [-0.05, 0) is 55.0 Å². The molecular weight excluding hydrogens is 361 g/mol. The van der Waals surface area contributed by atoms with Gasteiger partial charge in [-0.1, -0.05) is 0 Å². The lowest BCUT2D eigenvalue weighted by Gasteiger charge is -2.35. The molecule has 0 aliphatic carbocycles. The van der Waals surface area contributed by atoms with E-state index < -0.39 is 15.8 Å². The van der Waals surface area contributed by atoms with Gasteiger partial charge in [-0.25, -0.2) is 12.8 Å². The minimum Gasteiger partial charge on any atom is -0.399 e. The highest BCUT2D eigenvalue weighted by atomic mass is 79.9. The molecule has 21 heavy (non-hydrogen) atoms. The highest BCUT2D eigenvalue weighted by Gasteiger charge is 2.33. The van der Waals surface area contributed by atoms with Crippen LogP contribution in [0.3, 0.4) is 0 Å². The molecule has 2 rings (SSSR count). The number of sulfonamides is 1. The monoisotopic (exact) mass is 379 g/mol. The first-order chi connectivity index (χ1) is 9.73. The molecule has 8 heteroatoms. The van der Waals surface area contributed by atoms with E-state index in [2.05, 4.69) is 15.9 Å². The van der Waals surface area contributed by atoms with Gasteiger partial charge in [-0.2, -0.15) is 4.31 Å². The minimum absolute atomic E-state index is 0.0576. The highest BCUT2D eigenvalue weighted by Crippen LogP contribution is 2.30. The van der Waals surface area contributed by atoms with Crippen LogP contribution in [0.25, 0.3) is 0 Å². The van der Waals surface area contributed by atoms with Crippen molar-refractivity contribution < 1.29 is 12.8 Å². The molecule has 0 saturated carbocycles. The Hall–Kier alpha value is -0.700. The van der Waals surface area contributed by atoms with E-state index in [-0.39, 0.29) is 21.1 Å². The molecule has 1 heterocycles. The van der Waals surface area contributed by atoms with Gasteiger partial charge in [0.2, 0.25) is 10.0 Å². The van der Waals surface area contributed by atoms with Gasteiger partial charge in [0.15, 0.2) is 5.82 Å². The van der Waals surface area contributed by atoms with Gasteiger partial charge in [-0.3, -0.25) is 0 Å². The van der Waals surface area contributed by atoms with E-state index in [0.29, 0.717) is 13.1 Å². The third kappa shape index (κ3) is 3.39. The van der Waals surface area contributed by atoms with Crippen LogP contribution in [-0.2, 0) is 10.0 Å². The summed E-state index contributed by atoms with van der Waals surface area (Å²) >= 11 is 3.00. The average Bonchev–Trinajstić information content (AvgIpc) is 2.42. The molecule has 1 atom stereocenters. The Morgan fingerprint density at radius 2 is 2.10 bits per heavy atom. The number of rotatable bonds is 3. The number of hydrogen-bond donors (Lipinski definition) is 1. The van der Waals surface area contributed by atoms with E-state index in [1.807, 2.05) is 19.0 Å². The lowest BCUT2D eigenvalue weighted by atomic mass is 10.1. The van der Waals surface area contributed by atoms with Crippen molar-refractivity contribution in [2.45, 2.75) is 23.8 Å². The fourth-order valence-corrected chi connectivity index (χ4v) is 4.72. The van der Waals surface area contributed by atoms with Gasteiger partial charge in [0.25, 0.3) is 0 Å². The van der Waals surface area contributed by atoms with Gasteiger partial charge in [0.05, 0.1) is 4.47 Å². The molecular formula is C13H19BrFN3O2S. The van der Waals surface area contributed by atoms with E-state index in [4.69, 9.17) is 5.73 Å². The fourth-order valence-electron chi connectivity index (χ4n) is 2.47. The molecule has 1 unspecified atom stereocenters. The van der Waals surface area contributed by atoms with Crippen molar-refractivity contribution in [2.75, 3.05) is 32.9 Å². The maximum Gasteiger partial charge on any atom is 0.246 e. The maximum atomic E-state index is 14.2. The van der Waals surface area contributed by atoms with Crippen LogP contribution in [0.1, 0.15) is 12.8 Å². The first-order valence-corrected chi connectivity index (χ1v) is 8.88. The number of anilines is 1. The van der Waals surface area contributed by atoms with Crippen LogP contribution in [0.2, 0.25) is 0 Å². The zero-order chi connectivity index (χ0) is 15.8. The molecule has 5 nitrogen and oxygen atoms in total. The number of likely N-dealkylation sites (N-methyl/N-ethyl adjacent to an activating group) is 1. The topological polar surface area (TPSA) is 66.6 Å². The maximum absolute atomic E-state index is 14.2. The SMILES string of the molecule is CN(C)C1CCCN(S(=O)(=O)c2cc(N)cc(Br)c2F)C1. The van der Waals surface area contributed by atoms with Crippen LogP contribution >= 0.6 is 15.9 Å². The van der Waals surface area contributed by atoms with Crippen molar-refractivity contribution in [3.8, 4) is 0 Å². The minimum atomic E-state index is -3.88. The van der Waals surface area contributed by atoms with Gasteiger partial charge in [0, 0.05) is 24.8 Å². The Kier molecular flexibility index (Phi) is 4.92. The largest absolute Gasteiger partial charge is 0.399 e. The van der Waals surface area contributed by atoms with Crippen molar-refractivity contribution >= 4 is 31.6 Å². The molecule has 1 aromatic rings. The Morgan fingerprint density at radius 1 is 1.43 bits per heavy atom. The number of nitrogen functional groups attached to an aromatic ring is 1. The quantitative estimate of drug-likeness (QED) is 0.814. The smallest absolute Gasteiger partial charge is 0.246 e. The lowest BCUT2D eigenvalue weighted by Crippen LogP contribution is -2.47. The number of nitrogens with two attached hydrogens (primary N) is 1. The molecule has 0 spiro atoms. The normalized spacial score (nSPS) is 20.9. The third-order valence-electron chi connectivity index (χ3n) is 3.72. The lowest BCUT2D eigenvalue weighted by molar-refractivity contribution is 0.190. The van der Waals surface area contributed by atoms with E-state index in [0.717, 1.165) is 12.8 Å². The Labute approximate surface area is 133 Å². The Balaban J connectivity index is 2.38. The summed E-state index contributed by atoms with van der Waals surface area (Å²) in [4.78, 5) is 1.63. The molecule has 118 valence electrons. The summed E-state index contributed by atoms with van der Waals surface area (Å²) in [7, 11) is -0.0522. The van der Waals surface area contributed by atoms with Crippen LogP contribution in [-0.4, -0.2) is 50.8 Å². The number of hydrogen-bond acceptors (Lipinski definition) is 4. The van der Waals surface area contributed by atoms with Crippen molar-refractivity contribution in [1.82, 2.24) is 9.21 Å². The van der Waals surface area contributed by atoms with Gasteiger partial charge in [-0.15, -0.1) is 0 Å². The van der Waals surface area contributed by atoms with Gasteiger partial charge < -0.3 is 10.6 Å². The summed E-state index contributed by atoms with van der Waals surface area (Å²) in [6.07, 6.45) is 1.69. The molecule has 1 aliphatic rings. The second-order valence-corrected chi connectivity index (χ2v) is 8.20. The van der Waals surface area contributed by atoms with Crippen LogP contribution < -0.4 is 5.73 Å². The molecule has 0 aromatic heterocycles. The van der Waals surface area contributed by atoms with Crippen LogP contribution in [0, 0.1) is 5.82 Å². The van der Waals surface area contributed by atoms with Gasteiger partial charge >= 0.3 is 0 Å². The van der Waals surface area contributed by atoms with Crippen molar-refractivity contribution in [3.05, 3.63) is 22.4 Å². The summed E-state index contributed by atoms with van der Waals surface area (Å²) in [6, 6.07) is 2.67. The van der Waals surface area contributed by atoms with E-state index in [1.165, 1.54) is 16.4 Å². The first kappa shape index (κ1) is 16.7. The zero-order valence-electron chi connectivity index (χ0n) is 12.0. The second-order valence-electron chi connectivity index (χ2n) is 5.44. The number of benzene rings is 1. The molecule has 1 fully saturated rings. The first-order valence-electron chi connectivity index (χ1n) is 6.64. The number of piperidine rings is 1. The van der Waals surface area contributed by atoms with Crippen molar-refractivity contribution in [2.24, 2.45) is 0 Å². The molecule has 0 amide bonds. The molecule has 0 bridgehead atoms. The fraction of sp³-hybridized carbons (Fsp3) is 0.538. The third-order valence-corrected chi connectivity index (χ3v) is 6.17. The van der Waals surface area contributed by atoms with Gasteiger partial charge in [0.1, 0.15) is 4.90 Å². The zero-order valence-corrected chi connectivity index (χ0v) is 14.4. The molecule has 1 aromatic carbocycles. The molecule has 1 aliphatic heterocycles. The van der Waals surface area contributed by atoms with Crippen LogP contribution in [0.5, 0.6) is 0 Å². The Morgan fingerprint density at radius 3 is 2.71 bits per heavy atom. The highest BCUT2D eigenvalue weighted by molar-refractivity contribution is 9.10. The van der Waals surface area contributed by atoms with E-state index in [1.54, 1.807) is 0 Å². The van der Waals surface area contributed by atoms with Crippen LogP contribution in [0.4, 0.5) is 10.1 Å².